The number of rotatable bonds is 12. The van der Waals surface area contributed by atoms with Crippen LogP contribution in [0.25, 0.3) is 0 Å². The molecule has 0 aliphatic carbocycles. The number of hydrogen-bond acceptors (Lipinski definition) is 10. The number of carboxylic acid groups (broad SMARTS) is 1. The number of nitrogens with zero attached hydrogens (tertiary/aromatic N) is 3. The molecule has 0 spiro atoms. The highest BCUT2D eigenvalue weighted by Crippen LogP contribution is 2.52. The molecule has 228 valence electrons. The average Bonchev–Trinajstić information content (AvgIpc) is 3.43. The number of ether oxygens (including phenoxy) is 2. The number of carboxylic acids is 1. The summed E-state index contributed by atoms with van der Waals surface area (Å²) in [6.45, 7) is 3.86. The number of nitrogens with one attached hydrogen (secondary N) is 1. The normalized spacial score (nSPS) is 25.6. The number of primary amides is 1. The molecule has 3 aliphatic heterocycles. The minimum absolute atomic E-state index is 0.0880. The molecule has 2 saturated heterocycles. The predicted molar refractivity (Wildman–Crippen MR) is 148 cm³/mol. The average molecular weight is 608 g/mol. The highest BCUT2D eigenvalue weighted by molar-refractivity contribution is 8.03. The second kappa shape index (κ2) is 13.0. The Labute approximate surface area is 245 Å². The van der Waals surface area contributed by atoms with Gasteiger partial charge in [0.25, 0.3) is 5.69 Å². The van der Waals surface area contributed by atoms with E-state index < -0.39 is 53.0 Å². The number of benzene rings is 1. The molecule has 0 unspecified atom stereocenters. The Hall–Kier alpha value is -3.89. The second-order valence-corrected chi connectivity index (χ2v) is 11.7. The number of nitrogens with two attached hydrogens (primary N) is 1. The van der Waals surface area contributed by atoms with Crippen LogP contribution < -0.4 is 11.1 Å². The van der Waals surface area contributed by atoms with Crippen LogP contribution in [-0.2, 0) is 25.7 Å². The van der Waals surface area contributed by atoms with Crippen LogP contribution in [0.2, 0.25) is 0 Å². The highest BCUT2D eigenvalue weighted by atomic mass is 32.2. The number of β-lactam (4-membered cyclic amide) rings is 1. The van der Waals surface area contributed by atoms with Crippen molar-refractivity contribution >= 4 is 41.5 Å². The number of likely N-dealkylation sites (tertiary alicyclic amines) is 1. The zero-order chi connectivity index (χ0) is 30.7. The standard InChI is InChI=1S/C26H33N5O10S/c1-13-20-19(14(2)32)23(33)30(20)21(24(34)35)22(13)42-18-9-17(12-40-8-7-28-25(27)36)29(10-18)26(37)41-11-15-3-5-16(6-4-15)31(38)39/h3-6,13-14,17-20,32H,7-12H2,1-2H3,(H,34,35)(H3,27,28,36)/t13-,14-,17+,18+,19-,20-/m1/s1. The summed E-state index contributed by atoms with van der Waals surface area (Å²) in [4.78, 5) is 62.6. The maximum Gasteiger partial charge on any atom is 0.410 e. The molecule has 1 aromatic carbocycles. The smallest absolute Gasteiger partial charge is 0.410 e. The fourth-order valence-corrected chi connectivity index (χ4v) is 7.17. The number of aliphatic carboxylic acids is 1. The molecule has 16 heteroatoms. The third-order valence-electron chi connectivity index (χ3n) is 7.58. The zero-order valence-corrected chi connectivity index (χ0v) is 23.8. The van der Waals surface area contributed by atoms with Crippen molar-refractivity contribution in [2.75, 3.05) is 26.3 Å². The van der Waals surface area contributed by atoms with Crippen LogP contribution in [0.15, 0.2) is 34.9 Å². The van der Waals surface area contributed by atoms with E-state index in [1.807, 2.05) is 6.92 Å². The van der Waals surface area contributed by atoms with Gasteiger partial charge in [-0.1, -0.05) is 6.92 Å². The number of carbonyl (C=O) groups excluding carboxylic acids is 3. The molecule has 4 amide bonds. The van der Waals surface area contributed by atoms with E-state index in [1.54, 1.807) is 0 Å². The molecule has 1 aromatic rings. The van der Waals surface area contributed by atoms with Gasteiger partial charge in [-0.3, -0.25) is 14.9 Å². The van der Waals surface area contributed by atoms with Crippen molar-refractivity contribution in [3.63, 3.8) is 0 Å². The van der Waals surface area contributed by atoms with E-state index in [2.05, 4.69) is 5.32 Å². The second-order valence-electron chi connectivity index (χ2n) is 10.4. The fourth-order valence-electron chi connectivity index (χ4n) is 5.61. The molecule has 2 fully saturated rings. The lowest BCUT2D eigenvalue weighted by Crippen LogP contribution is -2.63. The summed E-state index contributed by atoms with van der Waals surface area (Å²) in [6, 6.07) is 4.04. The lowest BCUT2D eigenvalue weighted by Gasteiger charge is -2.46. The van der Waals surface area contributed by atoms with E-state index in [4.69, 9.17) is 15.2 Å². The topological polar surface area (TPSA) is 215 Å². The van der Waals surface area contributed by atoms with Gasteiger partial charge < -0.3 is 40.5 Å². The van der Waals surface area contributed by atoms with E-state index >= 15 is 0 Å². The molecule has 0 bridgehead atoms. The van der Waals surface area contributed by atoms with Gasteiger partial charge in [0.15, 0.2) is 0 Å². The maximum absolute atomic E-state index is 13.1. The number of aliphatic hydroxyl groups excluding tert-OH is 1. The van der Waals surface area contributed by atoms with E-state index in [1.165, 1.54) is 52.8 Å². The Morgan fingerprint density at radius 1 is 1.29 bits per heavy atom. The number of nitro groups is 1. The molecule has 5 N–H and O–H groups in total. The highest BCUT2D eigenvalue weighted by Gasteiger charge is 2.60. The van der Waals surface area contributed by atoms with Gasteiger partial charge in [0.05, 0.1) is 42.2 Å². The number of aliphatic hydroxyl groups is 1. The van der Waals surface area contributed by atoms with E-state index in [9.17, 15) is 39.5 Å². The minimum Gasteiger partial charge on any atom is -0.477 e. The van der Waals surface area contributed by atoms with Crippen LogP contribution in [0.5, 0.6) is 0 Å². The SMILES string of the molecule is C[C@@H](O)[C@H]1C(=O)N2C(C(=O)O)=C(S[C@H]3C[C@@H](COCCNC(N)=O)N(C(=O)OCc4ccc([N+](=O)[O-])cc4)C3)[C@H](C)[C@H]12. The first kappa shape index (κ1) is 31.1. The van der Waals surface area contributed by atoms with Crippen molar-refractivity contribution in [2.45, 2.75) is 50.3 Å². The Morgan fingerprint density at radius 2 is 1.98 bits per heavy atom. The molecule has 15 nitrogen and oxygen atoms in total. The van der Waals surface area contributed by atoms with Crippen molar-refractivity contribution in [1.82, 2.24) is 15.1 Å². The van der Waals surface area contributed by atoms with Crippen LogP contribution in [-0.4, -0.2) is 98.7 Å². The number of non-ortho nitro benzene ring substituents is 1. The number of fused-ring (bicyclic) bond motifs is 1. The summed E-state index contributed by atoms with van der Waals surface area (Å²) in [5.41, 5.74) is 5.44. The quantitative estimate of drug-likeness (QED) is 0.115. The molecule has 42 heavy (non-hydrogen) atoms. The molecule has 3 heterocycles. The first-order valence-corrected chi connectivity index (χ1v) is 14.2. The molecule has 3 aliphatic rings. The van der Waals surface area contributed by atoms with Crippen molar-refractivity contribution in [1.29, 1.82) is 0 Å². The Balaban J connectivity index is 1.45. The first-order valence-electron chi connectivity index (χ1n) is 13.3. The Morgan fingerprint density at radius 3 is 2.57 bits per heavy atom. The molecule has 0 radical (unpaired) electrons. The van der Waals surface area contributed by atoms with Crippen LogP contribution >= 0.6 is 11.8 Å². The summed E-state index contributed by atoms with van der Waals surface area (Å²) < 4.78 is 11.2. The maximum atomic E-state index is 13.1. The number of nitro benzene ring substituents is 1. The first-order chi connectivity index (χ1) is 19.9. The lowest BCUT2D eigenvalue weighted by atomic mass is 9.79. The molecular formula is C26H33N5O10S. The third-order valence-corrected chi connectivity index (χ3v) is 9.07. The van der Waals surface area contributed by atoms with E-state index in [0.29, 0.717) is 16.9 Å². The monoisotopic (exact) mass is 607 g/mol. The van der Waals surface area contributed by atoms with Crippen LogP contribution in [0.1, 0.15) is 25.8 Å². The van der Waals surface area contributed by atoms with Crippen molar-refractivity contribution in [2.24, 2.45) is 17.6 Å². The van der Waals surface area contributed by atoms with Gasteiger partial charge in [0, 0.05) is 41.3 Å². The van der Waals surface area contributed by atoms with E-state index in [0.717, 1.165) is 0 Å². The number of carbonyl (C=O) groups is 4. The van der Waals surface area contributed by atoms with Gasteiger partial charge in [-0.05, 0) is 31.0 Å². The van der Waals surface area contributed by atoms with Gasteiger partial charge in [-0.25, -0.2) is 14.4 Å². The fraction of sp³-hybridized carbons (Fsp3) is 0.538. The van der Waals surface area contributed by atoms with Gasteiger partial charge >= 0.3 is 18.1 Å². The largest absolute Gasteiger partial charge is 0.477 e. The zero-order valence-electron chi connectivity index (χ0n) is 23.0. The van der Waals surface area contributed by atoms with Crippen LogP contribution in [0.3, 0.4) is 0 Å². The Bertz CT molecular complexity index is 1270. The summed E-state index contributed by atoms with van der Waals surface area (Å²) in [7, 11) is 0. The predicted octanol–water partition coefficient (Wildman–Crippen LogP) is 1.25. The summed E-state index contributed by atoms with van der Waals surface area (Å²) >= 11 is 1.29. The number of amides is 4. The third kappa shape index (κ3) is 6.44. The summed E-state index contributed by atoms with van der Waals surface area (Å²) in [6.07, 6.45) is -1.12. The van der Waals surface area contributed by atoms with Gasteiger partial charge in [-0.15, -0.1) is 11.8 Å². The molecule has 0 saturated carbocycles. The molecule has 4 rings (SSSR count). The number of urea groups is 1. The van der Waals surface area contributed by atoms with E-state index in [-0.39, 0.29) is 55.5 Å². The summed E-state index contributed by atoms with van der Waals surface area (Å²) in [5, 5.41) is 33.1. The molecule has 6 atom stereocenters. The lowest BCUT2D eigenvalue weighted by molar-refractivity contribution is -0.384. The van der Waals surface area contributed by atoms with Crippen molar-refractivity contribution in [3.05, 3.63) is 50.5 Å². The van der Waals surface area contributed by atoms with Gasteiger partial charge in [0.1, 0.15) is 12.3 Å². The van der Waals surface area contributed by atoms with Crippen LogP contribution in [0, 0.1) is 22.0 Å². The summed E-state index contributed by atoms with van der Waals surface area (Å²) in [5.74, 6) is -2.66. The number of thioether (sulfide) groups is 1. The van der Waals surface area contributed by atoms with Gasteiger partial charge in [0.2, 0.25) is 5.91 Å². The van der Waals surface area contributed by atoms with Crippen molar-refractivity contribution < 1.29 is 43.8 Å². The van der Waals surface area contributed by atoms with Crippen molar-refractivity contribution in [3.8, 4) is 0 Å². The Kier molecular flexibility index (Phi) is 9.58. The van der Waals surface area contributed by atoms with Gasteiger partial charge in [-0.2, -0.15) is 0 Å². The number of hydrogen-bond donors (Lipinski definition) is 4. The van der Waals surface area contributed by atoms with Crippen LogP contribution in [0.4, 0.5) is 15.3 Å². The molecule has 0 aromatic heterocycles. The molecular weight excluding hydrogens is 574 g/mol. The minimum atomic E-state index is -1.23.